The number of esters is 1. The number of benzene rings is 1. The minimum atomic E-state index is -0.517. The summed E-state index contributed by atoms with van der Waals surface area (Å²) in [7, 11) is 1.59. The normalized spacial score (nSPS) is 17.9. The van der Waals surface area contributed by atoms with E-state index in [0.717, 1.165) is 11.3 Å². The zero-order chi connectivity index (χ0) is 17.0. The molecule has 1 aromatic carbocycles. The van der Waals surface area contributed by atoms with Crippen LogP contribution in [0.1, 0.15) is 26.3 Å². The summed E-state index contributed by atoms with van der Waals surface area (Å²) in [5, 5.41) is 0.670. The van der Waals surface area contributed by atoms with Crippen molar-refractivity contribution in [2.45, 2.75) is 32.6 Å². The second-order valence-corrected chi connectivity index (χ2v) is 6.62. The van der Waals surface area contributed by atoms with Gasteiger partial charge in [0.05, 0.1) is 12.0 Å². The van der Waals surface area contributed by atoms with Crippen LogP contribution in [0.3, 0.4) is 0 Å². The predicted octanol–water partition coefficient (Wildman–Crippen LogP) is 3.34. The Kier molecular flexibility index (Phi) is 5.44. The van der Waals surface area contributed by atoms with Gasteiger partial charge in [-0.25, -0.2) is 4.99 Å². The number of nitrogens with zero attached hydrogens (tertiary/aromatic N) is 2. The summed E-state index contributed by atoms with van der Waals surface area (Å²) >= 11 is 5.90. The van der Waals surface area contributed by atoms with Crippen molar-refractivity contribution in [3.63, 3.8) is 0 Å². The second kappa shape index (κ2) is 7.15. The van der Waals surface area contributed by atoms with E-state index in [1.165, 1.54) is 0 Å². The molecule has 1 aliphatic heterocycles. The molecule has 124 valence electrons. The Bertz CT molecular complexity index is 618. The molecule has 0 radical (unpaired) electrons. The second-order valence-electron chi connectivity index (χ2n) is 6.19. The molecule has 0 amide bonds. The maximum absolute atomic E-state index is 12.0. The Hall–Kier alpha value is -1.85. The minimum absolute atomic E-state index is 0.0731. The summed E-state index contributed by atoms with van der Waals surface area (Å²) in [6.45, 7) is 5.58. The maximum Gasteiger partial charge on any atom is 0.326 e. The van der Waals surface area contributed by atoms with Gasteiger partial charge in [-0.3, -0.25) is 4.79 Å². The van der Waals surface area contributed by atoms with Gasteiger partial charge < -0.3 is 14.4 Å². The average Bonchev–Trinajstić information content (AvgIpc) is 2.46. The van der Waals surface area contributed by atoms with Gasteiger partial charge in [-0.1, -0.05) is 23.7 Å². The molecule has 5 nitrogen and oxygen atoms in total. The fourth-order valence-electron chi connectivity index (χ4n) is 2.12. The third kappa shape index (κ3) is 5.08. The van der Waals surface area contributed by atoms with Crippen LogP contribution >= 0.6 is 11.6 Å². The van der Waals surface area contributed by atoms with Crippen LogP contribution in [-0.2, 0) is 14.3 Å². The fraction of sp³-hybridized carbons (Fsp3) is 0.412. The van der Waals surface area contributed by atoms with E-state index in [1.807, 2.05) is 51.1 Å². The Labute approximate surface area is 141 Å². The summed E-state index contributed by atoms with van der Waals surface area (Å²) in [5.41, 5.74) is 1.19. The molecule has 0 fully saturated rings. The number of halogens is 1. The molecule has 0 bridgehead atoms. The van der Waals surface area contributed by atoms with Gasteiger partial charge in [0.1, 0.15) is 12.1 Å². The Morgan fingerprint density at radius 1 is 1.30 bits per heavy atom. The van der Waals surface area contributed by atoms with Crippen LogP contribution in [0.15, 0.2) is 35.3 Å². The molecule has 0 N–H and O–H groups in total. The highest BCUT2D eigenvalue weighted by molar-refractivity contribution is 6.30. The third-order valence-corrected chi connectivity index (χ3v) is 3.34. The zero-order valence-electron chi connectivity index (χ0n) is 13.7. The first-order valence-electron chi connectivity index (χ1n) is 7.31. The molecule has 1 aromatic rings. The van der Waals surface area contributed by atoms with Crippen LogP contribution in [0.25, 0.3) is 5.70 Å². The molecule has 0 aromatic heterocycles. The number of ether oxygens (including phenoxy) is 2. The Morgan fingerprint density at radius 2 is 1.96 bits per heavy atom. The van der Waals surface area contributed by atoms with E-state index in [1.54, 1.807) is 18.3 Å². The third-order valence-electron chi connectivity index (χ3n) is 3.09. The van der Waals surface area contributed by atoms with Gasteiger partial charge in [0.2, 0.25) is 0 Å². The van der Waals surface area contributed by atoms with Crippen molar-refractivity contribution in [2.24, 2.45) is 4.99 Å². The summed E-state index contributed by atoms with van der Waals surface area (Å²) in [6, 6.07) is 7.40. The zero-order valence-corrected chi connectivity index (χ0v) is 14.5. The van der Waals surface area contributed by atoms with Gasteiger partial charge in [0.15, 0.2) is 6.23 Å². The Balaban J connectivity index is 2.08. The molecule has 2 rings (SSSR count). The van der Waals surface area contributed by atoms with Crippen molar-refractivity contribution in [1.82, 2.24) is 4.90 Å². The highest BCUT2D eigenvalue weighted by atomic mass is 35.5. The number of aliphatic imine (C=N–C) groups is 1. The van der Waals surface area contributed by atoms with Gasteiger partial charge >= 0.3 is 5.97 Å². The van der Waals surface area contributed by atoms with Gasteiger partial charge in [0, 0.05) is 17.7 Å². The SMILES string of the molecule is COC1C=C(c2ccc(Cl)cc2)N=CN1CC(=O)OC(C)(C)C. The van der Waals surface area contributed by atoms with Crippen LogP contribution in [0.5, 0.6) is 0 Å². The molecule has 0 aliphatic carbocycles. The number of hydrogen-bond acceptors (Lipinski definition) is 5. The van der Waals surface area contributed by atoms with E-state index in [9.17, 15) is 4.79 Å². The fourth-order valence-corrected chi connectivity index (χ4v) is 2.25. The van der Waals surface area contributed by atoms with E-state index >= 15 is 0 Å². The lowest BCUT2D eigenvalue weighted by atomic mass is 10.1. The molecule has 23 heavy (non-hydrogen) atoms. The van der Waals surface area contributed by atoms with Crippen LogP contribution in [0, 0.1) is 0 Å². The first kappa shape index (κ1) is 17.5. The topological polar surface area (TPSA) is 51.1 Å². The standard InChI is InChI=1S/C17H21ClN2O3/c1-17(2,3)23-16(21)10-20-11-19-14(9-15(20)22-4)12-5-7-13(18)8-6-12/h5-9,11,15H,10H2,1-4H3. The van der Waals surface area contributed by atoms with Crippen molar-refractivity contribution in [3.05, 3.63) is 40.9 Å². The van der Waals surface area contributed by atoms with Crippen molar-refractivity contribution in [3.8, 4) is 0 Å². The monoisotopic (exact) mass is 336 g/mol. The van der Waals surface area contributed by atoms with Crippen molar-refractivity contribution >= 4 is 29.6 Å². The molecule has 1 atom stereocenters. The molecule has 1 unspecified atom stereocenters. The predicted molar refractivity (Wildman–Crippen MR) is 91.3 cm³/mol. The summed E-state index contributed by atoms with van der Waals surface area (Å²) in [6.07, 6.45) is 3.07. The lowest BCUT2D eigenvalue weighted by Gasteiger charge is -2.30. The lowest BCUT2D eigenvalue weighted by Crippen LogP contribution is -2.41. The van der Waals surface area contributed by atoms with Crippen LogP contribution in [-0.4, -0.2) is 42.7 Å². The van der Waals surface area contributed by atoms with Gasteiger partial charge in [-0.15, -0.1) is 0 Å². The van der Waals surface area contributed by atoms with E-state index in [-0.39, 0.29) is 18.7 Å². The van der Waals surface area contributed by atoms with Crippen LogP contribution in [0.4, 0.5) is 0 Å². The van der Waals surface area contributed by atoms with E-state index in [4.69, 9.17) is 21.1 Å². The number of methoxy groups -OCH3 is 1. The van der Waals surface area contributed by atoms with E-state index < -0.39 is 5.60 Å². The molecule has 0 saturated heterocycles. The van der Waals surface area contributed by atoms with Crippen molar-refractivity contribution in [2.75, 3.05) is 13.7 Å². The van der Waals surface area contributed by atoms with Crippen LogP contribution < -0.4 is 0 Å². The van der Waals surface area contributed by atoms with E-state index in [0.29, 0.717) is 5.02 Å². The molecule has 0 spiro atoms. The average molecular weight is 337 g/mol. The molecule has 1 heterocycles. The number of rotatable bonds is 4. The number of carbonyl (C=O) groups is 1. The highest BCUT2D eigenvalue weighted by Gasteiger charge is 2.24. The summed E-state index contributed by atoms with van der Waals surface area (Å²) < 4.78 is 10.8. The highest BCUT2D eigenvalue weighted by Crippen LogP contribution is 2.23. The Morgan fingerprint density at radius 3 is 2.52 bits per heavy atom. The van der Waals surface area contributed by atoms with Crippen molar-refractivity contribution in [1.29, 1.82) is 0 Å². The first-order chi connectivity index (χ1) is 10.8. The molecule has 0 saturated carbocycles. The summed E-state index contributed by atoms with van der Waals surface area (Å²) in [4.78, 5) is 18.0. The minimum Gasteiger partial charge on any atom is -0.459 e. The quantitative estimate of drug-likeness (QED) is 0.791. The molecular formula is C17H21ClN2O3. The molecule has 6 heteroatoms. The van der Waals surface area contributed by atoms with E-state index in [2.05, 4.69) is 4.99 Å². The smallest absolute Gasteiger partial charge is 0.326 e. The first-order valence-corrected chi connectivity index (χ1v) is 7.68. The largest absolute Gasteiger partial charge is 0.459 e. The lowest BCUT2D eigenvalue weighted by molar-refractivity contribution is -0.156. The maximum atomic E-state index is 12.0. The van der Waals surface area contributed by atoms with Crippen molar-refractivity contribution < 1.29 is 14.3 Å². The van der Waals surface area contributed by atoms with Gasteiger partial charge in [-0.2, -0.15) is 0 Å². The van der Waals surface area contributed by atoms with Gasteiger partial charge in [-0.05, 0) is 39.0 Å². The molecular weight excluding hydrogens is 316 g/mol. The number of hydrogen-bond donors (Lipinski definition) is 0. The molecule has 1 aliphatic rings. The summed E-state index contributed by atoms with van der Waals surface area (Å²) in [5.74, 6) is -0.325. The number of carbonyl (C=O) groups excluding carboxylic acids is 1. The van der Waals surface area contributed by atoms with Gasteiger partial charge in [0.25, 0.3) is 0 Å². The van der Waals surface area contributed by atoms with Crippen LogP contribution in [0.2, 0.25) is 5.02 Å².